The summed E-state index contributed by atoms with van der Waals surface area (Å²) in [6, 6.07) is 11.4. The Morgan fingerprint density at radius 2 is 1.72 bits per heavy atom. The van der Waals surface area contributed by atoms with Crippen molar-refractivity contribution in [1.29, 1.82) is 0 Å². The van der Waals surface area contributed by atoms with Gasteiger partial charge in [0.05, 0.1) is 24.8 Å². The van der Waals surface area contributed by atoms with Crippen LogP contribution < -0.4 is 15.0 Å². The van der Waals surface area contributed by atoms with E-state index in [9.17, 15) is 13.2 Å². The smallest absolute Gasteiger partial charge is 0.252 e. The molecule has 1 fully saturated rings. The van der Waals surface area contributed by atoms with E-state index in [4.69, 9.17) is 21.1 Å². The van der Waals surface area contributed by atoms with Gasteiger partial charge in [-0.05, 0) is 37.1 Å². The lowest BCUT2D eigenvalue weighted by atomic mass is 10.1. The molecule has 1 N–H and O–H groups in total. The minimum atomic E-state index is -3.90. The highest BCUT2D eigenvalue weighted by Gasteiger charge is 2.35. The van der Waals surface area contributed by atoms with Crippen LogP contribution in [0.2, 0.25) is 5.02 Å². The van der Waals surface area contributed by atoms with Crippen molar-refractivity contribution in [3.8, 4) is 11.5 Å². The molecule has 0 bridgehead atoms. The van der Waals surface area contributed by atoms with Gasteiger partial charge in [0.2, 0.25) is 10.0 Å². The molecule has 1 aromatic heterocycles. The fourth-order valence-corrected chi connectivity index (χ4v) is 6.40. The Labute approximate surface area is 192 Å². The average molecular weight is 477 g/mol. The topological polar surface area (TPSA) is 88.7 Å². The fourth-order valence-electron chi connectivity index (χ4n) is 4.25. The Hall–Kier alpha value is -2.55. The molecule has 9 heteroatoms. The minimum Gasteiger partial charge on any atom is -0.493 e. The SMILES string of the molecule is COc1cc2cc(CN(C3CCCC3)S(=O)(=O)c3ccccc3Cl)c(=O)[nH]c2cc1OC. The molecule has 3 aromatic rings. The zero-order valence-corrected chi connectivity index (χ0v) is 19.5. The zero-order valence-electron chi connectivity index (χ0n) is 17.9. The molecule has 0 unspecified atom stereocenters. The van der Waals surface area contributed by atoms with E-state index in [0.717, 1.165) is 31.1 Å². The third kappa shape index (κ3) is 4.22. The number of hydrogen-bond acceptors (Lipinski definition) is 5. The van der Waals surface area contributed by atoms with Gasteiger partial charge in [-0.1, -0.05) is 36.6 Å². The first-order valence-corrected chi connectivity index (χ1v) is 12.2. The van der Waals surface area contributed by atoms with Crippen molar-refractivity contribution in [1.82, 2.24) is 9.29 Å². The Balaban J connectivity index is 1.79. The minimum absolute atomic E-state index is 0.0438. The first kappa shape index (κ1) is 22.6. The Bertz CT molecular complexity index is 1300. The molecule has 170 valence electrons. The highest BCUT2D eigenvalue weighted by Crippen LogP contribution is 2.34. The third-order valence-corrected chi connectivity index (χ3v) is 8.30. The second-order valence-corrected chi connectivity index (χ2v) is 10.1. The molecule has 2 aromatic carbocycles. The second kappa shape index (κ2) is 9.13. The van der Waals surface area contributed by atoms with Crippen molar-refractivity contribution in [3.05, 3.63) is 63.4 Å². The van der Waals surface area contributed by atoms with Gasteiger partial charge in [0.1, 0.15) is 4.90 Å². The van der Waals surface area contributed by atoms with Gasteiger partial charge in [0.25, 0.3) is 5.56 Å². The summed E-state index contributed by atoms with van der Waals surface area (Å²) in [5, 5.41) is 0.888. The molecule has 1 heterocycles. The highest BCUT2D eigenvalue weighted by atomic mass is 35.5. The van der Waals surface area contributed by atoms with E-state index in [1.807, 2.05) is 0 Å². The lowest BCUT2D eigenvalue weighted by molar-refractivity contribution is 0.315. The predicted octanol–water partition coefficient (Wildman–Crippen LogP) is 4.33. The van der Waals surface area contributed by atoms with Crippen LogP contribution in [0.3, 0.4) is 0 Å². The van der Waals surface area contributed by atoms with Crippen LogP contribution in [-0.2, 0) is 16.6 Å². The number of H-pyrrole nitrogens is 1. The number of aromatic nitrogens is 1. The average Bonchev–Trinajstić information content (AvgIpc) is 3.31. The molecule has 0 aliphatic heterocycles. The summed E-state index contributed by atoms with van der Waals surface area (Å²) in [6.07, 6.45) is 3.40. The number of pyridine rings is 1. The maximum absolute atomic E-state index is 13.6. The van der Waals surface area contributed by atoms with Crippen LogP contribution in [0.4, 0.5) is 0 Å². The van der Waals surface area contributed by atoms with Gasteiger partial charge < -0.3 is 14.5 Å². The normalized spacial score (nSPS) is 14.9. The first-order valence-electron chi connectivity index (χ1n) is 10.4. The van der Waals surface area contributed by atoms with E-state index in [0.29, 0.717) is 22.6 Å². The van der Waals surface area contributed by atoms with Crippen LogP contribution in [0.1, 0.15) is 31.2 Å². The standard InChI is InChI=1S/C23H25ClN2O5S/c1-30-20-12-15-11-16(23(27)25-19(15)13-21(20)31-2)14-26(17-7-3-4-8-17)32(28,29)22-10-6-5-9-18(22)24/h5-6,9-13,17H,3-4,7-8,14H2,1-2H3,(H,25,27). The number of ether oxygens (including phenoxy) is 2. The quantitative estimate of drug-likeness (QED) is 0.548. The van der Waals surface area contributed by atoms with Gasteiger partial charge in [-0.25, -0.2) is 8.42 Å². The summed E-state index contributed by atoms with van der Waals surface area (Å²) in [5.74, 6) is 1.02. The lowest BCUT2D eigenvalue weighted by Gasteiger charge is -2.28. The number of benzene rings is 2. The molecule has 0 atom stereocenters. The molecule has 1 aliphatic rings. The number of methoxy groups -OCH3 is 2. The van der Waals surface area contributed by atoms with E-state index in [1.54, 1.807) is 36.4 Å². The van der Waals surface area contributed by atoms with Gasteiger partial charge >= 0.3 is 0 Å². The highest BCUT2D eigenvalue weighted by molar-refractivity contribution is 7.89. The number of rotatable bonds is 7. The molecule has 1 aliphatic carbocycles. The summed E-state index contributed by atoms with van der Waals surface area (Å²) >= 11 is 6.23. The van der Waals surface area contributed by atoms with E-state index in [1.165, 1.54) is 24.6 Å². The number of fused-ring (bicyclic) bond motifs is 1. The van der Waals surface area contributed by atoms with Gasteiger partial charge in [0, 0.05) is 29.6 Å². The van der Waals surface area contributed by atoms with Crippen LogP contribution in [0.5, 0.6) is 11.5 Å². The molecule has 7 nitrogen and oxygen atoms in total. The molecular weight excluding hydrogens is 452 g/mol. The van der Waals surface area contributed by atoms with Gasteiger partial charge in [0.15, 0.2) is 11.5 Å². The van der Waals surface area contributed by atoms with E-state index < -0.39 is 10.0 Å². The van der Waals surface area contributed by atoms with Crippen molar-refractivity contribution >= 4 is 32.5 Å². The zero-order chi connectivity index (χ0) is 22.9. The molecule has 0 spiro atoms. The van der Waals surface area contributed by atoms with E-state index in [2.05, 4.69) is 4.98 Å². The lowest BCUT2D eigenvalue weighted by Crippen LogP contribution is -2.39. The Morgan fingerprint density at radius 1 is 1.06 bits per heavy atom. The van der Waals surface area contributed by atoms with Gasteiger partial charge in [-0.2, -0.15) is 4.31 Å². The molecule has 0 radical (unpaired) electrons. The molecular formula is C23H25ClN2O5S. The second-order valence-electron chi connectivity index (χ2n) is 7.84. The summed E-state index contributed by atoms with van der Waals surface area (Å²) < 4.78 is 39.3. The Morgan fingerprint density at radius 3 is 2.38 bits per heavy atom. The summed E-state index contributed by atoms with van der Waals surface area (Å²) in [4.78, 5) is 15.8. The summed E-state index contributed by atoms with van der Waals surface area (Å²) in [6.45, 7) is -0.0438. The van der Waals surface area contributed by atoms with Crippen LogP contribution in [0.25, 0.3) is 10.9 Å². The summed E-state index contributed by atoms with van der Waals surface area (Å²) in [7, 11) is -0.844. The van der Waals surface area contributed by atoms with E-state index >= 15 is 0 Å². The molecule has 0 saturated heterocycles. The molecule has 32 heavy (non-hydrogen) atoms. The van der Waals surface area contributed by atoms with E-state index in [-0.39, 0.29) is 28.1 Å². The van der Waals surface area contributed by atoms with Crippen LogP contribution in [-0.4, -0.2) is 38.0 Å². The van der Waals surface area contributed by atoms with Crippen molar-refractivity contribution in [2.24, 2.45) is 0 Å². The van der Waals surface area contributed by atoms with Crippen molar-refractivity contribution in [3.63, 3.8) is 0 Å². The van der Waals surface area contributed by atoms with Gasteiger partial charge in [-0.3, -0.25) is 4.79 Å². The first-order chi connectivity index (χ1) is 15.3. The van der Waals surface area contributed by atoms with Crippen LogP contribution >= 0.6 is 11.6 Å². The number of sulfonamides is 1. The number of nitrogens with zero attached hydrogens (tertiary/aromatic N) is 1. The third-order valence-electron chi connectivity index (χ3n) is 5.91. The predicted molar refractivity (Wildman–Crippen MR) is 124 cm³/mol. The maximum atomic E-state index is 13.6. The number of halogens is 1. The van der Waals surface area contributed by atoms with Gasteiger partial charge in [-0.15, -0.1) is 0 Å². The molecule has 4 rings (SSSR count). The monoisotopic (exact) mass is 476 g/mol. The number of nitrogens with one attached hydrogen (secondary N) is 1. The largest absolute Gasteiger partial charge is 0.493 e. The molecule has 1 saturated carbocycles. The Kier molecular flexibility index (Phi) is 6.46. The van der Waals surface area contributed by atoms with Crippen LogP contribution in [0.15, 0.2) is 52.2 Å². The van der Waals surface area contributed by atoms with Crippen molar-refractivity contribution in [2.45, 2.75) is 43.2 Å². The fraction of sp³-hybridized carbons (Fsp3) is 0.348. The number of hydrogen-bond donors (Lipinski definition) is 1. The molecule has 0 amide bonds. The maximum Gasteiger partial charge on any atom is 0.252 e. The number of aromatic amines is 1. The summed E-state index contributed by atoms with van der Waals surface area (Å²) in [5.41, 5.74) is 0.590. The van der Waals surface area contributed by atoms with Crippen molar-refractivity contribution < 1.29 is 17.9 Å². The van der Waals surface area contributed by atoms with Crippen LogP contribution in [0, 0.1) is 0 Å². The van der Waals surface area contributed by atoms with Crippen molar-refractivity contribution in [2.75, 3.05) is 14.2 Å².